The van der Waals surface area contributed by atoms with E-state index in [1.807, 2.05) is 26.0 Å². The highest BCUT2D eigenvalue weighted by molar-refractivity contribution is 5.84. The number of aliphatic hydroxyl groups is 3. The third-order valence-electron chi connectivity index (χ3n) is 8.08. The van der Waals surface area contributed by atoms with Gasteiger partial charge in [-0.15, -0.1) is 0 Å². The van der Waals surface area contributed by atoms with E-state index in [1.165, 1.54) is 6.08 Å². The molecule has 0 aromatic rings. The maximum Gasteiger partial charge on any atom is 0.331 e. The van der Waals surface area contributed by atoms with Crippen LogP contribution in [0.25, 0.3) is 0 Å². The van der Waals surface area contributed by atoms with Gasteiger partial charge in [-0.05, 0) is 82.8 Å². The van der Waals surface area contributed by atoms with Gasteiger partial charge in [-0.3, -0.25) is 9.59 Å². The molecular weight excluding hydrogens is 608 g/mol. The molecule has 0 aliphatic heterocycles. The van der Waals surface area contributed by atoms with Crippen molar-refractivity contribution in [2.24, 2.45) is 23.7 Å². The van der Waals surface area contributed by atoms with Gasteiger partial charge in [0.1, 0.15) is 17.9 Å². The molecule has 268 valence electrons. The number of esters is 1. The zero-order valence-electron chi connectivity index (χ0n) is 29.0. The molecule has 0 saturated carbocycles. The number of aliphatic carboxylic acids is 3. The zero-order chi connectivity index (χ0) is 36.1. The molecule has 0 aliphatic carbocycles. The molecule has 47 heavy (non-hydrogen) atoms. The second-order valence-corrected chi connectivity index (χ2v) is 13.1. The number of carboxylic acid groups (broad SMARTS) is 3. The molecule has 0 amide bonds. The first-order chi connectivity index (χ1) is 22.0. The van der Waals surface area contributed by atoms with Crippen LogP contribution in [-0.4, -0.2) is 79.9 Å². The van der Waals surface area contributed by atoms with Gasteiger partial charge in [-0.25, -0.2) is 9.59 Å². The van der Waals surface area contributed by atoms with Gasteiger partial charge in [0.15, 0.2) is 0 Å². The van der Waals surface area contributed by atoms with Crippen LogP contribution in [0.1, 0.15) is 106 Å². The molecule has 11 heteroatoms. The third kappa shape index (κ3) is 20.5. The zero-order valence-corrected chi connectivity index (χ0v) is 29.0. The van der Waals surface area contributed by atoms with Crippen LogP contribution < -0.4 is 0 Å². The Bertz CT molecular complexity index is 1120. The minimum absolute atomic E-state index is 0.290. The van der Waals surface area contributed by atoms with Crippen LogP contribution >= 0.6 is 0 Å². The van der Waals surface area contributed by atoms with Gasteiger partial charge in [0.2, 0.25) is 0 Å². The summed E-state index contributed by atoms with van der Waals surface area (Å²) in [6.45, 7) is 10.3. The van der Waals surface area contributed by atoms with Crippen LogP contribution in [0, 0.1) is 23.7 Å². The number of carbonyl (C=O) groups is 4. The molecule has 0 radical (unpaired) electrons. The van der Waals surface area contributed by atoms with Crippen LogP contribution in [0.15, 0.2) is 46.6 Å². The van der Waals surface area contributed by atoms with E-state index in [0.29, 0.717) is 48.7 Å². The van der Waals surface area contributed by atoms with E-state index in [-0.39, 0.29) is 0 Å². The van der Waals surface area contributed by atoms with Crippen molar-refractivity contribution in [1.82, 2.24) is 0 Å². The summed E-state index contributed by atoms with van der Waals surface area (Å²) in [5, 5.41) is 56.3. The van der Waals surface area contributed by atoms with Gasteiger partial charge in [0.05, 0.1) is 19.3 Å². The van der Waals surface area contributed by atoms with E-state index in [2.05, 4.69) is 13.8 Å². The molecular formula is C36H58O11. The van der Waals surface area contributed by atoms with E-state index in [1.54, 1.807) is 13.8 Å². The maximum absolute atomic E-state index is 12.7. The molecule has 0 heterocycles. The van der Waals surface area contributed by atoms with Crippen molar-refractivity contribution in [3.63, 3.8) is 0 Å². The smallest absolute Gasteiger partial charge is 0.331 e. The lowest BCUT2D eigenvalue weighted by molar-refractivity contribution is -0.157. The maximum atomic E-state index is 12.7. The lowest BCUT2D eigenvalue weighted by Crippen LogP contribution is -2.35. The molecule has 0 aromatic carbocycles. The number of allylic oxidation sites excluding steroid dienone is 6. The lowest BCUT2D eigenvalue weighted by Gasteiger charge is -2.22. The Kier molecular flexibility index (Phi) is 22.3. The molecule has 0 saturated heterocycles. The number of carboxylic acids is 3. The first kappa shape index (κ1) is 43.7. The van der Waals surface area contributed by atoms with Gasteiger partial charge in [0.25, 0.3) is 0 Å². The molecule has 6 N–H and O–H groups in total. The summed E-state index contributed by atoms with van der Waals surface area (Å²) in [5.41, 5.74) is 3.41. The van der Waals surface area contributed by atoms with Gasteiger partial charge in [0, 0.05) is 12.2 Å². The number of hydrogen-bond donors (Lipinski definition) is 6. The second-order valence-electron chi connectivity index (χ2n) is 13.1. The van der Waals surface area contributed by atoms with E-state index in [9.17, 15) is 34.5 Å². The molecule has 11 nitrogen and oxygen atoms in total. The highest BCUT2D eigenvalue weighted by Crippen LogP contribution is 2.23. The quantitative estimate of drug-likeness (QED) is 0.0303. The SMILES string of the molecule is CC(=CC(=O)O)C=C(C)CC(C)CCCCC(OC(=O)C=C(C)C=C(C)CC(C)CCCCC(O)C(CO)C(=O)O)C(CO)C(=O)O. The number of rotatable bonds is 25. The standard InChI is InChI=1S/C36H58O11/c1-23(11-7-9-13-31(39)29(21-37)35(43)44)16-26(4)18-28(6)20-34(42)47-32(30(22-38)36(45)46)14-10-8-12-24(2)15-25(3)17-27(5)19-33(40)41/h17-20,23-24,29-32,37-39H,7-16,21-22H2,1-6H3,(H,40,41)(H,43,44)(H,45,46). The van der Waals surface area contributed by atoms with Crippen molar-refractivity contribution in [1.29, 1.82) is 0 Å². The van der Waals surface area contributed by atoms with Crippen molar-refractivity contribution in [2.75, 3.05) is 13.2 Å². The summed E-state index contributed by atoms with van der Waals surface area (Å²) in [6, 6.07) is 0. The van der Waals surface area contributed by atoms with Crippen LogP contribution in [-0.2, 0) is 23.9 Å². The monoisotopic (exact) mass is 666 g/mol. The Morgan fingerprint density at radius 1 is 0.617 bits per heavy atom. The summed E-state index contributed by atoms with van der Waals surface area (Å²) >= 11 is 0. The minimum atomic E-state index is -1.24. The number of hydrogen-bond acceptors (Lipinski definition) is 8. The Balaban J connectivity index is 5.00. The molecule has 6 atom stereocenters. The number of carbonyl (C=O) groups excluding carboxylic acids is 1. The fourth-order valence-corrected chi connectivity index (χ4v) is 5.79. The normalized spacial score (nSPS) is 17.0. The summed E-state index contributed by atoms with van der Waals surface area (Å²) in [6.07, 6.45) is 10.8. The highest BCUT2D eigenvalue weighted by Gasteiger charge is 2.30. The van der Waals surface area contributed by atoms with Crippen molar-refractivity contribution < 1.29 is 54.6 Å². The fraction of sp³-hybridized carbons (Fsp3) is 0.667. The number of aliphatic hydroxyl groups excluding tert-OH is 3. The van der Waals surface area contributed by atoms with Crippen molar-refractivity contribution in [2.45, 2.75) is 118 Å². The van der Waals surface area contributed by atoms with Gasteiger partial charge >= 0.3 is 23.9 Å². The summed E-state index contributed by atoms with van der Waals surface area (Å²) < 4.78 is 5.55. The van der Waals surface area contributed by atoms with Crippen molar-refractivity contribution >= 4 is 23.9 Å². The van der Waals surface area contributed by atoms with Crippen LogP contribution in [0.5, 0.6) is 0 Å². The Hall–Kier alpha value is -3.28. The summed E-state index contributed by atoms with van der Waals surface area (Å²) in [7, 11) is 0. The second kappa shape index (κ2) is 23.9. The van der Waals surface area contributed by atoms with Crippen molar-refractivity contribution in [3.8, 4) is 0 Å². The summed E-state index contributed by atoms with van der Waals surface area (Å²) in [4.78, 5) is 46.4. The van der Waals surface area contributed by atoms with Gasteiger partial charge in [-0.2, -0.15) is 0 Å². The van der Waals surface area contributed by atoms with Crippen LogP contribution in [0.4, 0.5) is 0 Å². The Labute approximate surface area is 279 Å². The van der Waals surface area contributed by atoms with E-state index >= 15 is 0 Å². The average molecular weight is 667 g/mol. The molecule has 0 rings (SSSR count). The van der Waals surface area contributed by atoms with E-state index < -0.39 is 61.1 Å². The largest absolute Gasteiger partial charge is 0.481 e. The topological polar surface area (TPSA) is 199 Å². The van der Waals surface area contributed by atoms with Gasteiger partial charge < -0.3 is 35.4 Å². The van der Waals surface area contributed by atoms with Gasteiger partial charge in [-0.1, -0.05) is 69.2 Å². The number of ether oxygens (including phenoxy) is 1. The lowest BCUT2D eigenvalue weighted by atomic mass is 9.93. The third-order valence-corrected chi connectivity index (χ3v) is 8.08. The number of unbranched alkanes of at least 4 members (excludes halogenated alkanes) is 2. The molecule has 0 fully saturated rings. The predicted octanol–water partition coefficient (Wildman–Crippen LogP) is 5.69. The molecule has 6 unspecified atom stereocenters. The first-order valence-corrected chi connectivity index (χ1v) is 16.5. The highest BCUT2D eigenvalue weighted by atomic mass is 16.5. The first-order valence-electron chi connectivity index (χ1n) is 16.5. The van der Waals surface area contributed by atoms with E-state index in [0.717, 1.165) is 55.7 Å². The molecule has 0 bridgehead atoms. The average Bonchev–Trinajstić information content (AvgIpc) is 2.92. The molecule has 0 aromatic heterocycles. The summed E-state index contributed by atoms with van der Waals surface area (Å²) in [5.74, 6) is -5.90. The van der Waals surface area contributed by atoms with Crippen LogP contribution in [0.2, 0.25) is 0 Å². The molecule has 0 spiro atoms. The Morgan fingerprint density at radius 3 is 1.47 bits per heavy atom. The van der Waals surface area contributed by atoms with E-state index in [4.69, 9.17) is 20.1 Å². The molecule has 0 aliphatic rings. The van der Waals surface area contributed by atoms with Crippen LogP contribution in [0.3, 0.4) is 0 Å². The Morgan fingerprint density at radius 2 is 1.04 bits per heavy atom. The predicted molar refractivity (Wildman–Crippen MR) is 179 cm³/mol. The minimum Gasteiger partial charge on any atom is -0.481 e. The fourth-order valence-electron chi connectivity index (χ4n) is 5.79. The van der Waals surface area contributed by atoms with Crippen molar-refractivity contribution in [3.05, 3.63) is 46.6 Å².